The van der Waals surface area contributed by atoms with Crippen molar-refractivity contribution in [1.29, 1.82) is 0 Å². The smallest absolute Gasteiger partial charge is 0.410 e. The average Bonchev–Trinajstić information content (AvgIpc) is 3.00. The summed E-state index contributed by atoms with van der Waals surface area (Å²) in [4.78, 5) is 25.6. The van der Waals surface area contributed by atoms with Crippen LogP contribution in [0.1, 0.15) is 39.2 Å². The Morgan fingerprint density at radius 1 is 1.38 bits per heavy atom. The van der Waals surface area contributed by atoms with Crippen molar-refractivity contribution >= 4 is 17.7 Å². The van der Waals surface area contributed by atoms with Crippen LogP contribution < -0.4 is 5.32 Å². The van der Waals surface area contributed by atoms with Crippen molar-refractivity contribution in [2.75, 3.05) is 19.0 Å². The van der Waals surface area contributed by atoms with Crippen LogP contribution in [0, 0.1) is 0 Å². The summed E-state index contributed by atoms with van der Waals surface area (Å²) in [6, 6.07) is 7.43. The second-order valence-corrected chi connectivity index (χ2v) is 7.03. The zero-order valence-corrected chi connectivity index (χ0v) is 14.8. The summed E-state index contributed by atoms with van der Waals surface area (Å²) in [5.74, 6) is -0.120. The first-order valence-electron chi connectivity index (χ1n) is 8.20. The minimum Gasteiger partial charge on any atom is -0.444 e. The van der Waals surface area contributed by atoms with Crippen molar-refractivity contribution < 1.29 is 19.1 Å². The summed E-state index contributed by atoms with van der Waals surface area (Å²) in [5, 5.41) is 2.87. The molecule has 24 heavy (non-hydrogen) atoms. The zero-order valence-electron chi connectivity index (χ0n) is 14.8. The number of rotatable bonds is 4. The van der Waals surface area contributed by atoms with E-state index in [1.165, 1.54) is 4.90 Å². The standard InChI is InChI=1S/C18H26N2O4/c1-18(2,3)24-17(22)20(4)12-13-7-5-8-14(11-13)19-16(21)15-9-6-10-23-15/h5,7-8,11,15H,6,9-10,12H2,1-4H3,(H,19,21)/t15-/m0/s1. The van der Waals surface area contributed by atoms with Gasteiger partial charge < -0.3 is 19.7 Å². The number of nitrogens with one attached hydrogen (secondary N) is 1. The third-order valence-electron chi connectivity index (χ3n) is 3.54. The van der Waals surface area contributed by atoms with Crippen molar-refractivity contribution in [2.24, 2.45) is 0 Å². The van der Waals surface area contributed by atoms with Gasteiger partial charge in [-0.2, -0.15) is 0 Å². The summed E-state index contributed by atoms with van der Waals surface area (Å²) in [5.41, 5.74) is 1.08. The Bertz CT molecular complexity index is 589. The van der Waals surface area contributed by atoms with E-state index in [0.29, 0.717) is 18.8 Å². The third-order valence-corrected chi connectivity index (χ3v) is 3.54. The highest BCUT2D eigenvalue weighted by atomic mass is 16.6. The molecule has 0 aromatic heterocycles. The predicted octanol–water partition coefficient (Wildman–Crippen LogP) is 3.17. The lowest BCUT2D eigenvalue weighted by atomic mass is 10.1. The molecule has 1 aromatic rings. The Labute approximate surface area is 143 Å². The number of carbonyl (C=O) groups excluding carboxylic acids is 2. The maximum atomic E-state index is 12.1. The molecule has 0 spiro atoms. The molecule has 1 aliphatic heterocycles. The normalized spacial score (nSPS) is 17.4. The fourth-order valence-corrected chi connectivity index (χ4v) is 2.43. The second-order valence-electron chi connectivity index (χ2n) is 7.03. The molecule has 1 saturated heterocycles. The SMILES string of the molecule is CN(Cc1cccc(NC(=O)[C@@H]2CCCO2)c1)C(=O)OC(C)(C)C. The maximum absolute atomic E-state index is 12.1. The molecule has 1 aromatic carbocycles. The van der Waals surface area contributed by atoms with Crippen LogP contribution in [0.2, 0.25) is 0 Å². The van der Waals surface area contributed by atoms with Gasteiger partial charge in [0.1, 0.15) is 11.7 Å². The van der Waals surface area contributed by atoms with Crippen LogP contribution in [0.5, 0.6) is 0 Å². The largest absolute Gasteiger partial charge is 0.444 e. The van der Waals surface area contributed by atoms with Crippen LogP contribution in [-0.2, 0) is 20.8 Å². The first kappa shape index (κ1) is 18.3. The zero-order chi connectivity index (χ0) is 17.7. The topological polar surface area (TPSA) is 67.9 Å². The highest BCUT2D eigenvalue weighted by molar-refractivity contribution is 5.94. The van der Waals surface area contributed by atoms with Crippen molar-refractivity contribution in [3.05, 3.63) is 29.8 Å². The van der Waals surface area contributed by atoms with Gasteiger partial charge in [-0.3, -0.25) is 4.79 Å². The molecule has 0 unspecified atom stereocenters. The summed E-state index contributed by atoms with van der Waals surface area (Å²) < 4.78 is 10.7. The lowest BCUT2D eigenvalue weighted by Gasteiger charge is -2.24. The van der Waals surface area contributed by atoms with E-state index in [9.17, 15) is 9.59 Å². The fraction of sp³-hybridized carbons (Fsp3) is 0.556. The van der Waals surface area contributed by atoms with Crippen LogP contribution in [0.15, 0.2) is 24.3 Å². The molecule has 2 amide bonds. The summed E-state index contributed by atoms with van der Waals surface area (Å²) in [7, 11) is 1.69. The monoisotopic (exact) mass is 334 g/mol. The minimum atomic E-state index is -0.525. The Kier molecular flexibility index (Phi) is 5.83. The van der Waals surface area contributed by atoms with Crippen LogP contribution >= 0.6 is 0 Å². The molecular weight excluding hydrogens is 308 g/mol. The molecule has 6 heteroatoms. The quantitative estimate of drug-likeness (QED) is 0.918. The second kappa shape index (κ2) is 7.66. The van der Waals surface area contributed by atoms with Gasteiger partial charge in [-0.25, -0.2) is 4.79 Å². The van der Waals surface area contributed by atoms with E-state index in [1.807, 2.05) is 45.0 Å². The van der Waals surface area contributed by atoms with Gasteiger partial charge in [0.05, 0.1) is 0 Å². The number of carbonyl (C=O) groups is 2. The number of anilines is 1. The molecule has 2 rings (SSSR count). The van der Waals surface area contributed by atoms with Gasteiger partial charge in [-0.1, -0.05) is 12.1 Å². The van der Waals surface area contributed by atoms with Gasteiger partial charge in [-0.15, -0.1) is 0 Å². The van der Waals surface area contributed by atoms with E-state index >= 15 is 0 Å². The number of hydrogen-bond donors (Lipinski definition) is 1. The van der Waals surface area contributed by atoms with E-state index in [0.717, 1.165) is 18.4 Å². The molecule has 0 saturated carbocycles. The van der Waals surface area contributed by atoms with Gasteiger partial charge in [0.25, 0.3) is 5.91 Å². The van der Waals surface area contributed by atoms with Crippen molar-refractivity contribution in [3.63, 3.8) is 0 Å². The predicted molar refractivity (Wildman–Crippen MR) is 91.7 cm³/mol. The first-order valence-corrected chi connectivity index (χ1v) is 8.20. The molecule has 1 aliphatic rings. The molecule has 0 aliphatic carbocycles. The van der Waals surface area contributed by atoms with Crippen molar-refractivity contribution in [2.45, 2.75) is 51.9 Å². The molecular formula is C18H26N2O4. The molecule has 6 nitrogen and oxygen atoms in total. The van der Waals surface area contributed by atoms with Gasteiger partial charge in [0.15, 0.2) is 0 Å². The molecule has 1 fully saturated rings. The van der Waals surface area contributed by atoms with Crippen LogP contribution in [0.4, 0.5) is 10.5 Å². The van der Waals surface area contributed by atoms with Crippen LogP contribution in [-0.4, -0.2) is 42.3 Å². The van der Waals surface area contributed by atoms with Gasteiger partial charge >= 0.3 is 6.09 Å². The van der Waals surface area contributed by atoms with Gasteiger partial charge in [0, 0.05) is 25.9 Å². The molecule has 1 heterocycles. The Hall–Kier alpha value is -2.08. The van der Waals surface area contributed by atoms with E-state index in [1.54, 1.807) is 7.05 Å². The summed E-state index contributed by atoms with van der Waals surface area (Å²) >= 11 is 0. The van der Waals surface area contributed by atoms with E-state index in [-0.39, 0.29) is 18.1 Å². The summed E-state index contributed by atoms with van der Waals surface area (Å²) in [6.07, 6.45) is 0.931. The number of ether oxygens (including phenoxy) is 2. The molecule has 0 radical (unpaired) electrons. The molecule has 1 N–H and O–H groups in total. The van der Waals surface area contributed by atoms with Gasteiger partial charge in [0.2, 0.25) is 0 Å². The lowest BCUT2D eigenvalue weighted by molar-refractivity contribution is -0.124. The number of benzene rings is 1. The van der Waals surface area contributed by atoms with Crippen LogP contribution in [0.25, 0.3) is 0 Å². The van der Waals surface area contributed by atoms with Gasteiger partial charge in [-0.05, 0) is 51.3 Å². The Morgan fingerprint density at radius 3 is 2.75 bits per heavy atom. The Morgan fingerprint density at radius 2 is 2.12 bits per heavy atom. The van der Waals surface area contributed by atoms with E-state index in [2.05, 4.69) is 5.32 Å². The van der Waals surface area contributed by atoms with E-state index < -0.39 is 5.60 Å². The molecule has 132 valence electrons. The van der Waals surface area contributed by atoms with Crippen molar-refractivity contribution in [3.8, 4) is 0 Å². The highest BCUT2D eigenvalue weighted by Gasteiger charge is 2.23. The Balaban J connectivity index is 1.94. The minimum absolute atomic E-state index is 0.120. The number of hydrogen-bond acceptors (Lipinski definition) is 4. The molecule has 1 atom stereocenters. The lowest BCUT2D eigenvalue weighted by Crippen LogP contribution is -2.33. The number of amides is 2. The third kappa shape index (κ3) is 5.53. The van der Waals surface area contributed by atoms with Crippen LogP contribution in [0.3, 0.4) is 0 Å². The molecule has 0 bridgehead atoms. The fourth-order valence-electron chi connectivity index (χ4n) is 2.43. The highest BCUT2D eigenvalue weighted by Crippen LogP contribution is 2.17. The summed E-state index contributed by atoms with van der Waals surface area (Å²) in [6.45, 7) is 6.54. The van der Waals surface area contributed by atoms with E-state index in [4.69, 9.17) is 9.47 Å². The maximum Gasteiger partial charge on any atom is 0.410 e. The average molecular weight is 334 g/mol. The number of nitrogens with zero attached hydrogens (tertiary/aromatic N) is 1. The first-order chi connectivity index (χ1) is 11.2. The van der Waals surface area contributed by atoms with Crippen molar-refractivity contribution in [1.82, 2.24) is 4.90 Å².